The Balaban J connectivity index is 1.78. The van der Waals surface area contributed by atoms with E-state index in [0.717, 1.165) is 10.1 Å². The van der Waals surface area contributed by atoms with Crippen LogP contribution in [0.25, 0.3) is 5.65 Å². The summed E-state index contributed by atoms with van der Waals surface area (Å²) in [4.78, 5) is 17.8. The van der Waals surface area contributed by atoms with Gasteiger partial charge < -0.3 is 4.90 Å². The van der Waals surface area contributed by atoms with Gasteiger partial charge in [0.1, 0.15) is 5.82 Å². The molecule has 2 amide bonds. The summed E-state index contributed by atoms with van der Waals surface area (Å²) >= 11 is 3.40. The number of hydrogen-bond acceptors (Lipinski definition) is 3. The lowest BCUT2D eigenvalue weighted by Gasteiger charge is -2.34. The Morgan fingerprint density at radius 2 is 2.37 bits per heavy atom. The van der Waals surface area contributed by atoms with E-state index in [1.165, 1.54) is 0 Å². The second-order valence-electron chi connectivity index (χ2n) is 4.35. The van der Waals surface area contributed by atoms with Crippen LogP contribution in [-0.2, 0) is 0 Å². The van der Waals surface area contributed by atoms with Crippen LogP contribution in [-0.4, -0.2) is 33.4 Å². The normalized spacial score (nSPS) is 15.1. The average molecular weight is 320 g/mol. The van der Waals surface area contributed by atoms with E-state index >= 15 is 0 Å². The molecule has 0 spiro atoms. The van der Waals surface area contributed by atoms with Gasteiger partial charge in [0.2, 0.25) is 0 Å². The van der Waals surface area contributed by atoms with E-state index in [9.17, 15) is 4.79 Å². The Morgan fingerprint density at radius 1 is 1.58 bits per heavy atom. The van der Waals surface area contributed by atoms with Gasteiger partial charge in [0.05, 0.1) is 22.7 Å². The number of imidazole rings is 1. The molecule has 0 unspecified atom stereocenters. The van der Waals surface area contributed by atoms with E-state index in [2.05, 4.69) is 32.3 Å². The molecular formula is C12H10BrN5O. The zero-order valence-electron chi connectivity index (χ0n) is 9.88. The van der Waals surface area contributed by atoms with Crippen molar-refractivity contribution in [3.63, 3.8) is 0 Å². The highest BCUT2D eigenvalue weighted by Gasteiger charge is 2.30. The monoisotopic (exact) mass is 319 g/mol. The van der Waals surface area contributed by atoms with E-state index in [-0.39, 0.29) is 11.9 Å². The molecule has 1 N–H and O–H groups in total. The third-order valence-corrected chi connectivity index (χ3v) is 3.69. The minimum absolute atomic E-state index is 0.0397. The summed E-state index contributed by atoms with van der Waals surface area (Å²) in [5.74, 6) is 0.573. The standard InChI is InChI=1S/C12H10BrN5O/c13-9-2-1-3-18-10(5-15-11(9)18)16-12(19)17-6-8(4-14)7-17/h1-3,5,8H,6-7H2,(H,16,19). The van der Waals surface area contributed by atoms with Gasteiger partial charge in [0.15, 0.2) is 5.65 Å². The Kier molecular flexibility index (Phi) is 2.87. The molecule has 0 saturated carbocycles. The molecule has 1 saturated heterocycles. The fourth-order valence-electron chi connectivity index (χ4n) is 1.98. The maximum atomic E-state index is 11.9. The lowest BCUT2D eigenvalue weighted by molar-refractivity contribution is 0.156. The first-order valence-corrected chi connectivity index (χ1v) is 6.55. The molecule has 0 radical (unpaired) electrons. The zero-order chi connectivity index (χ0) is 13.4. The molecule has 2 aromatic rings. The second kappa shape index (κ2) is 4.55. The Hall–Kier alpha value is -2.07. The van der Waals surface area contributed by atoms with Crippen molar-refractivity contribution >= 4 is 33.4 Å². The number of rotatable bonds is 1. The predicted octanol–water partition coefficient (Wildman–Crippen LogP) is 2.08. The number of urea groups is 1. The van der Waals surface area contributed by atoms with Crippen LogP contribution in [0.4, 0.5) is 10.6 Å². The van der Waals surface area contributed by atoms with Crippen LogP contribution in [0.15, 0.2) is 29.0 Å². The Bertz CT molecular complexity index is 683. The van der Waals surface area contributed by atoms with Crippen molar-refractivity contribution < 1.29 is 4.79 Å². The minimum atomic E-state index is -0.201. The lowest BCUT2D eigenvalue weighted by Crippen LogP contribution is -2.51. The van der Waals surface area contributed by atoms with Gasteiger partial charge in [0, 0.05) is 19.3 Å². The Labute approximate surface area is 117 Å². The van der Waals surface area contributed by atoms with Crippen molar-refractivity contribution in [3.8, 4) is 6.07 Å². The first-order valence-electron chi connectivity index (χ1n) is 5.76. The van der Waals surface area contributed by atoms with Gasteiger partial charge in [-0.3, -0.25) is 9.72 Å². The molecule has 3 heterocycles. The van der Waals surface area contributed by atoms with Gasteiger partial charge >= 0.3 is 6.03 Å². The number of carbonyl (C=O) groups is 1. The topological polar surface area (TPSA) is 73.4 Å². The number of likely N-dealkylation sites (tertiary alicyclic amines) is 1. The molecule has 6 nitrogen and oxygen atoms in total. The van der Waals surface area contributed by atoms with Crippen molar-refractivity contribution in [3.05, 3.63) is 29.0 Å². The number of hydrogen-bond donors (Lipinski definition) is 1. The summed E-state index contributed by atoms with van der Waals surface area (Å²) in [5, 5.41) is 11.5. The van der Waals surface area contributed by atoms with E-state index in [1.807, 2.05) is 18.3 Å². The molecule has 19 heavy (non-hydrogen) atoms. The summed E-state index contributed by atoms with van der Waals surface area (Å²) in [5.41, 5.74) is 0.747. The molecule has 1 aliphatic heterocycles. The number of nitrogens with one attached hydrogen (secondary N) is 1. The van der Waals surface area contributed by atoms with E-state index < -0.39 is 0 Å². The number of pyridine rings is 1. The zero-order valence-corrected chi connectivity index (χ0v) is 11.5. The number of nitriles is 1. The predicted molar refractivity (Wildman–Crippen MR) is 72.6 cm³/mol. The van der Waals surface area contributed by atoms with Crippen molar-refractivity contribution in [1.82, 2.24) is 14.3 Å². The largest absolute Gasteiger partial charge is 0.323 e. The van der Waals surface area contributed by atoms with Gasteiger partial charge in [-0.1, -0.05) is 0 Å². The molecule has 2 aromatic heterocycles. The van der Waals surface area contributed by atoms with Crippen LogP contribution in [0.2, 0.25) is 0 Å². The van der Waals surface area contributed by atoms with Crippen LogP contribution < -0.4 is 5.32 Å². The fourth-order valence-corrected chi connectivity index (χ4v) is 2.43. The van der Waals surface area contributed by atoms with Gasteiger partial charge in [-0.2, -0.15) is 5.26 Å². The lowest BCUT2D eigenvalue weighted by atomic mass is 10.0. The molecule has 0 bridgehead atoms. The molecule has 3 rings (SSSR count). The number of amides is 2. The van der Waals surface area contributed by atoms with Crippen LogP contribution in [0, 0.1) is 17.2 Å². The van der Waals surface area contributed by atoms with E-state index in [0.29, 0.717) is 18.9 Å². The van der Waals surface area contributed by atoms with Crippen LogP contribution in [0.5, 0.6) is 0 Å². The van der Waals surface area contributed by atoms with Gasteiger partial charge in [-0.15, -0.1) is 0 Å². The quantitative estimate of drug-likeness (QED) is 0.874. The number of halogens is 1. The smallest absolute Gasteiger partial charge is 0.322 e. The summed E-state index contributed by atoms with van der Waals surface area (Å²) < 4.78 is 2.66. The highest BCUT2D eigenvalue weighted by molar-refractivity contribution is 9.10. The SMILES string of the molecule is N#CC1CN(C(=O)Nc2cnc3c(Br)cccn23)C1. The Morgan fingerprint density at radius 3 is 3.11 bits per heavy atom. The number of nitrogens with zero attached hydrogens (tertiary/aromatic N) is 4. The van der Waals surface area contributed by atoms with Gasteiger partial charge in [0.25, 0.3) is 0 Å². The summed E-state index contributed by atoms with van der Waals surface area (Å²) in [6.45, 7) is 0.978. The van der Waals surface area contributed by atoms with Crippen molar-refractivity contribution in [2.24, 2.45) is 5.92 Å². The van der Waals surface area contributed by atoms with E-state index in [1.54, 1.807) is 15.5 Å². The maximum Gasteiger partial charge on any atom is 0.323 e. The molecule has 1 aliphatic rings. The molecule has 7 heteroatoms. The average Bonchev–Trinajstić information content (AvgIpc) is 2.73. The number of anilines is 1. The first-order chi connectivity index (χ1) is 9.19. The summed E-state index contributed by atoms with van der Waals surface area (Å²) in [6, 6.07) is 5.69. The van der Waals surface area contributed by atoms with Gasteiger partial charge in [-0.25, -0.2) is 9.78 Å². The van der Waals surface area contributed by atoms with Crippen LogP contribution >= 0.6 is 15.9 Å². The molecule has 1 fully saturated rings. The second-order valence-corrected chi connectivity index (χ2v) is 5.21. The molecule has 0 aliphatic carbocycles. The molecular weight excluding hydrogens is 310 g/mol. The third-order valence-electron chi connectivity index (χ3n) is 3.07. The summed E-state index contributed by atoms with van der Waals surface area (Å²) in [6.07, 6.45) is 3.44. The molecule has 96 valence electrons. The highest BCUT2D eigenvalue weighted by Crippen LogP contribution is 2.21. The third kappa shape index (κ3) is 2.04. The minimum Gasteiger partial charge on any atom is -0.322 e. The van der Waals surface area contributed by atoms with Crippen molar-refractivity contribution in [1.29, 1.82) is 5.26 Å². The van der Waals surface area contributed by atoms with Gasteiger partial charge in [-0.05, 0) is 28.1 Å². The number of carbonyl (C=O) groups excluding carboxylic acids is 1. The highest BCUT2D eigenvalue weighted by atomic mass is 79.9. The van der Waals surface area contributed by atoms with Crippen LogP contribution in [0.3, 0.4) is 0 Å². The first kappa shape index (κ1) is 12.0. The van der Waals surface area contributed by atoms with Crippen molar-refractivity contribution in [2.75, 3.05) is 18.4 Å². The number of aromatic nitrogens is 2. The number of fused-ring (bicyclic) bond motifs is 1. The maximum absolute atomic E-state index is 11.9. The molecule has 0 atom stereocenters. The fraction of sp³-hybridized carbons (Fsp3) is 0.250. The molecule has 0 aromatic carbocycles. The van der Waals surface area contributed by atoms with E-state index in [4.69, 9.17) is 5.26 Å². The van der Waals surface area contributed by atoms with Crippen molar-refractivity contribution in [2.45, 2.75) is 0 Å². The summed E-state index contributed by atoms with van der Waals surface area (Å²) in [7, 11) is 0. The van der Waals surface area contributed by atoms with Crippen LogP contribution in [0.1, 0.15) is 0 Å².